The summed E-state index contributed by atoms with van der Waals surface area (Å²) >= 11 is 1.28. The molecular weight excluding hydrogens is 375 g/mol. The van der Waals surface area contributed by atoms with Crippen LogP contribution in [0.25, 0.3) is 6.08 Å². The minimum absolute atomic E-state index is 0.165. The zero-order valence-electron chi connectivity index (χ0n) is 14.0. The number of halogens is 3. The van der Waals surface area contributed by atoms with Crippen LogP contribution in [-0.2, 0) is 12.8 Å². The highest BCUT2D eigenvalue weighted by molar-refractivity contribution is 7.07. The first-order valence-corrected chi connectivity index (χ1v) is 8.96. The van der Waals surface area contributed by atoms with Crippen LogP contribution in [0, 0.1) is 0 Å². The predicted molar refractivity (Wildman–Crippen MR) is 98.2 cm³/mol. The van der Waals surface area contributed by atoms with Gasteiger partial charge in [-0.05, 0) is 29.8 Å². The molecule has 0 radical (unpaired) electrons. The van der Waals surface area contributed by atoms with E-state index in [9.17, 15) is 18.0 Å². The molecule has 0 bridgehead atoms. The zero-order valence-corrected chi connectivity index (χ0v) is 14.8. The summed E-state index contributed by atoms with van der Waals surface area (Å²) in [6.07, 6.45) is -2.62. The molecule has 0 atom stereocenters. The molecule has 0 N–H and O–H groups in total. The van der Waals surface area contributed by atoms with Crippen LogP contribution < -0.4 is 19.8 Å². The second-order valence-corrected chi connectivity index (χ2v) is 7.08. The van der Waals surface area contributed by atoms with E-state index in [0.29, 0.717) is 15.0 Å². The molecule has 0 saturated heterocycles. The fourth-order valence-corrected chi connectivity index (χ4v) is 3.82. The molecule has 138 valence electrons. The first-order chi connectivity index (χ1) is 12.9. The van der Waals surface area contributed by atoms with Crippen LogP contribution in [0.4, 0.5) is 18.9 Å². The molecule has 2 heterocycles. The van der Waals surface area contributed by atoms with Gasteiger partial charge in [0, 0.05) is 5.69 Å². The molecule has 4 nitrogen and oxygen atoms in total. The highest BCUT2D eigenvalue weighted by Gasteiger charge is 2.31. The van der Waals surface area contributed by atoms with Crippen molar-refractivity contribution in [2.45, 2.75) is 12.8 Å². The van der Waals surface area contributed by atoms with Gasteiger partial charge in [-0.2, -0.15) is 13.2 Å². The third kappa shape index (κ3) is 3.52. The van der Waals surface area contributed by atoms with Crippen LogP contribution >= 0.6 is 11.3 Å². The van der Waals surface area contributed by atoms with E-state index in [4.69, 9.17) is 0 Å². The van der Waals surface area contributed by atoms with Gasteiger partial charge in [-0.1, -0.05) is 47.7 Å². The van der Waals surface area contributed by atoms with Gasteiger partial charge in [0.15, 0.2) is 4.80 Å². The van der Waals surface area contributed by atoms with E-state index < -0.39 is 11.7 Å². The molecule has 2 aromatic carbocycles. The van der Waals surface area contributed by atoms with Gasteiger partial charge < -0.3 is 4.90 Å². The van der Waals surface area contributed by atoms with Crippen molar-refractivity contribution in [1.82, 2.24) is 4.57 Å². The summed E-state index contributed by atoms with van der Waals surface area (Å²) in [5, 5.41) is 0. The summed E-state index contributed by atoms with van der Waals surface area (Å²) in [6.45, 7) is 0.365. The molecule has 3 aromatic rings. The Morgan fingerprint density at radius 3 is 2.59 bits per heavy atom. The number of anilines is 1. The van der Waals surface area contributed by atoms with Crippen molar-refractivity contribution in [2.75, 3.05) is 11.6 Å². The molecule has 27 heavy (non-hydrogen) atoms. The summed E-state index contributed by atoms with van der Waals surface area (Å²) in [5.41, 5.74) is 0.371. The lowest BCUT2D eigenvalue weighted by Crippen LogP contribution is -2.42. The Morgan fingerprint density at radius 2 is 1.85 bits per heavy atom. The Balaban J connectivity index is 1.69. The standard InChI is InChI=1S/C19H14F3N3OS/c20-19(21,22)14-7-4-8-15(10-14)24-11-23-18-25(12-24)17(26)16(27-18)9-13-5-2-1-3-6-13/h1-10H,11-12H2/b16-9-. The molecule has 0 spiro atoms. The van der Waals surface area contributed by atoms with Gasteiger partial charge in [0.1, 0.15) is 13.3 Å². The Bertz CT molecular complexity index is 1150. The van der Waals surface area contributed by atoms with Gasteiger partial charge in [0.25, 0.3) is 5.56 Å². The van der Waals surface area contributed by atoms with Gasteiger partial charge >= 0.3 is 6.18 Å². The van der Waals surface area contributed by atoms with E-state index in [1.54, 1.807) is 17.0 Å². The number of rotatable bonds is 2. The Hall–Kier alpha value is -2.87. The second-order valence-electron chi connectivity index (χ2n) is 6.07. The SMILES string of the molecule is O=c1/c(=C/c2ccccc2)sc2n1CN(c1cccc(C(F)(F)F)c1)CN=2. The molecular formula is C19H14F3N3OS. The van der Waals surface area contributed by atoms with Crippen molar-refractivity contribution in [3.05, 3.63) is 85.4 Å². The molecule has 0 fully saturated rings. The number of alkyl halides is 3. The summed E-state index contributed by atoms with van der Waals surface area (Å²) in [4.78, 5) is 19.3. The number of thiazole rings is 1. The van der Waals surface area contributed by atoms with E-state index >= 15 is 0 Å². The maximum atomic E-state index is 12.9. The van der Waals surface area contributed by atoms with Crippen LogP contribution in [0.3, 0.4) is 0 Å². The van der Waals surface area contributed by atoms with E-state index in [-0.39, 0.29) is 18.9 Å². The lowest BCUT2D eigenvalue weighted by Gasteiger charge is -2.26. The molecule has 0 unspecified atom stereocenters. The van der Waals surface area contributed by atoms with Crippen LogP contribution in [0.15, 0.2) is 64.4 Å². The smallest absolute Gasteiger partial charge is 0.334 e. The van der Waals surface area contributed by atoms with E-state index in [1.165, 1.54) is 22.0 Å². The van der Waals surface area contributed by atoms with E-state index in [2.05, 4.69) is 4.99 Å². The fraction of sp³-hybridized carbons (Fsp3) is 0.158. The quantitative estimate of drug-likeness (QED) is 0.676. The lowest BCUT2D eigenvalue weighted by atomic mass is 10.2. The van der Waals surface area contributed by atoms with Gasteiger partial charge in [-0.15, -0.1) is 0 Å². The largest absolute Gasteiger partial charge is 0.416 e. The minimum atomic E-state index is -4.41. The van der Waals surface area contributed by atoms with Crippen LogP contribution in [-0.4, -0.2) is 11.2 Å². The van der Waals surface area contributed by atoms with Crippen molar-refractivity contribution >= 4 is 23.1 Å². The van der Waals surface area contributed by atoms with Crippen LogP contribution in [0.2, 0.25) is 0 Å². The van der Waals surface area contributed by atoms with Gasteiger partial charge in [-0.3, -0.25) is 9.36 Å². The number of benzene rings is 2. The van der Waals surface area contributed by atoms with Crippen molar-refractivity contribution in [2.24, 2.45) is 4.99 Å². The summed E-state index contributed by atoms with van der Waals surface area (Å²) < 4.78 is 40.9. The molecule has 8 heteroatoms. The summed E-state index contributed by atoms with van der Waals surface area (Å²) in [5.74, 6) is 0. The minimum Gasteiger partial charge on any atom is -0.334 e. The molecule has 1 aliphatic rings. The average Bonchev–Trinajstić information content (AvgIpc) is 2.97. The van der Waals surface area contributed by atoms with Crippen LogP contribution in [0.1, 0.15) is 11.1 Å². The highest BCUT2D eigenvalue weighted by Crippen LogP contribution is 2.31. The normalized spacial score (nSPS) is 14.8. The van der Waals surface area contributed by atoms with Crippen molar-refractivity contribution in [1.29, 1.82) is 0 Å². The third-order valence-corrected chi connectivity index (χ3v) is 5.26. The molecule has 0 amide bonds. The number of aromatic nitrogens is 1. The zero-order chi connectivity index (χ0) is 19.0. The van der Waals surface area contributed by atoms with Crippen molar-refractivity contribution < 1.29 is 13.2 Å². The van der Waals surface area contributed by atoms with Gasteiger partial charge in [0.2, 0.25) is 0 Å². The monoisotopic (exact) mass is 389 g/mol. The topological polar surface area (TPSA) is 37.6 Å². The van der Waals surface area contributed by atoms with E-state index in [1.807, 2.05) is 30.3 Å². The van der Waals surface area contributed by atoms with Crippen molar-refractivity contribution in [3.8, 4) is 0 Å². The number of fused-ring (bicyclic) bond motifs is 1. The summed E-state index contributed by atoms with van der Waals surface area (Å²) in [7, 11) is 0. The second kappa shape index (κ2) is 6.70. The molecule has 1 aliphatic heterocycles. The number of nitrogens with zero attached hydrogens (tertiary/aromatic N) is 3. The maximum absolute atomic E-state index is 12.9. The van der Waals surface area contributed by atoms with Gasteiger partial charge in [0.05, 0.1) is 10.1 Å². The Kier molecular flexibility index (Phi) is 4.35. The first-order valence-electron chi connectivity index (χ1n) is 8.15. The van der Waals surface area contributed by atoms with Crippen molar-refractivity contribution in [3.63, 3.8) is 0 Å². The number of hydrogen-bond donors (Lipinski definition) is 0. The summed E-state index contributed by atoms with van der Waals surface area (Å²) in [6, 6.07) is 14.5. The Morgan fingerprint density at radius 1 is 1.07 bits per heavy atom. The molecule has 1 aromatic heterocycles. The molecule has 4 rings (SSSR count). The average molecular weight is 389 g/mol. The molecule has 0 aliphatic carbocycles. The highest BCUT2D eigenvalue weighted by atomic mass is 32.1. The molecule has 0 saturated carbocycles. The van der Waals surface area contributed by atoms with Crippen LogP contribution in [0.5, 0.6) is 0 Å². The maximum Gasteiger partial charge on any atom is 0.416 e. The lowest BCUT2D eigenvalue weighted by molar-refractivity contribution is -0.137. The Labute approximate surface area is 156 Å². The first kappa shape index (κ1) is 17.5. The number of hydrogen-bond acceptors (Lipinski definition) is 4. The van der Waals surface area contributed by atoms with Gasteiger partial charge in [-0.25, -0.2) is 4.99 Å². The predicted octanol–water partition coefficient (Wildman–Crippen LogP) is 2.81. The third-order valence-electron chi connectivity index (χ3n) is 4.21. The fourth-order valence-electron chi connectivity index (χ4n) is 2.85. The van der Waals surface area contributed by atoms with E-state index in [0.717, 1.165) is 17.7 Å².